The summed E-state index contributed by atoms with van der Waals surface area (Å²) in [7, 11) is -1.03. The molecule has 0 saturated heterocycles. The van der Waals surface area contributed by atoms with Crippen LogP contribution in [-0.4, -0.2) is 38.8 Å². The minimum atomic E-state index is -1.03. The van der Waals surface area contributed by atoms with Crippen LogP contribution in [0.3, 0.4) is 0 Å². The molecule has 3 aromatic heterocycles. The molecule has 7 heteroatoms. The van der Waals surface area contributed by atoms with Crippen LogP contribution in [0.4, 0.5) is 0 Å². The monoisotopic (exact) mass is 289 g/mol. The van der Waals surface area contributed by atoms with Crippen molar-refractivity contribution in [1.29, 1.82) is 0 Å². The lowest BCUT2D eigenvalue weighted by molar-refractivity contribution is 0.0899. The molecule has 3 heterocycles. The molecule has 0 amide bonds. The molecule has 0 spiro atoms. The number of fused-ring (bicyclic) bond motifs is 3. The van der Waals surface area contributed by atoms with Crippen LogP contribution >= 0.6 is 0 Å². The summed E-state index contributed by atoms with van der Waals surface area (Å²) in [5.74, 6) is 0. The molecular weight excluding hydrogens is 270 g/mol. The van der Waals surface area contributed by atoms with Crippen molar-refractivity contribution in [3.8, 4) is 0 Å². The van der Waals surface area contributed by atoms with Gasteiger partial charge >= 0.3 is 0 Å². The summed E-state index contributed by atoms with van der Waals surface area (Å²) in [6, 6.07) is 3.19. The Kier molecular flexibility index (Phi) is 3.31. The molecule has 0 saturated carbocycles. The summed E-state index contributed by atoms with van der Waals surface area (Å²) >= 11 is 0. The van der Waals surface area contributed by atoms with Crippen molar-refractivity contribution in [2.75, 3.05) is 6.61 Å². The summed E-state index contributed by atoms with van der Waals surface area (Å²) in [6.45, 7) is 8.40. The number of hydrogen-bond acceptors (Lipinski definition) is 4. The number of hydrogen-bond donors (Lipinski definition) is 0. The van der Waals surface area contributed by atoms with E-state index in [1.165, 1.54) is 6.04 Å². The Morgan fingerprint density at radius 3 is 2.95 bits per heavy atom. The van der Waals surface area contributed by atoms with Gasteiger partial charge in [-0.2, -0.15) is 0 Å². The zero-order valence-corrected chi connectivity index (χ0v) is 13.1. The highest BCUT2D eigenvalue weighted by Crippen LogP contribution is 2.15. The Balaban J connectivity index is 1.76. The number of ether oxygens (including phenoxy) is 1. The Morgan fingerprint density at radius 1 is 1.30 bits per heavy atom. The highest BCUT2D eigenvalue weighted by molar-refractivity contribution is 6.76. The van der Waals surface area contributed by atoms with Crippen molar-refractivity contribution in [3.63, 3.8) is 0 Å². The van der Waals surface area contributed by atoms with Crippen LogP contribution in [0.2, 0.25) is 25.7 Å². The van der Waals surface area contributed by atoms with E-state index < -0.39 is 8.07 Å². The third-order valence-electron chi connectivity index (χ3n) is 3.28. The van der Waals surface area contributed by atoms with E-state index >= 15 is 0 Å². The van der Waals surface area contributed by atoms with Crippen molar-refractivity contribution in [3.05, 3.63) is 24.8 Å². The second-order valence-corrected chi connectivity index (χ2v) is 11.8. The summed E-state index contributed by atoms with van der Waals surface area (Å²) in [4.78, 5) is 4.44. The van der Waals surface area contributed by atoms with Gasteiger partial charge in [-0.1, -0.05) is 19.6 Å². The second kappa shape index (κ2) is 4.99. The van der Waals surface area contributed by atoms with Gasteiger partial charge in [-0.15, -0.1) is 10.2 Å². The molecule has 0 aliphatic rings. The molecule has 3 rings (SSSR count). The van der Waals surface area contributed by atoms with Gasteiger partial charge in [0.1, 0.15) is 13.1 Å². The average molecular weight is 289 g/mol. The zero-order valence-electron chi connectivity index (χ0n) is 12.1. The van der Waals surface area contributed by atoms with Crippen LogP contribution < -0.4 is 0 Å². The number of aromatic nitrogens is 5. The Bertz CT molecular complexity index is 727. The quantitative estimate of drug-likeness (QED) is 0.534. The van der Waals surface area contributed by atoms with Crippen LogP contribution in [0.15, 0.2) is 24.8 Å². The molecule has 0 fully saturated rings. The number of rotatable bonds is 5. The molecule has 6 nitrogen and oxygen atoms in total. The molecule has 0 aliphatic heterocycles. The molecule has 0 radical (unpaired) electrons. The fraction of sp³-hybridized carbons (Fsp3) is 0.462. The Morgan fingerprint density at radius 2 is 2.15 bits per heavy atom. The molecule has 3 aromatic rings. The first-order chi connectivity index (χ1) is 9.54. The first kappa shape index (κ1) is 13.3. The SMILES string of the molecule is C[Si](C)(C)CCOCn1ccc2c1ncc1nncn12. The maximum Gasteiger partial charge on any atom is 0.179 e. The van der Waals surface area contributed by atoms with Crippen molar-refractivity contribution in [2.24, 2.45) is 0 Å². The number of nitrogens with zero attached hydrogens (tertiary/aromatic N) is 5. The van der Waals surface area contributed by atoms with Crippen LogP contribution in [0.25, 0.3) is 16.8 Å². The second-order valence-electron chi connectivity index (χ2n) is 6.16. The van der Waals surface area contributed by atoms with Crippen LogP contribution in [0.1, 0.15) is 0 Å². The summed E-state index contributed by atoms with van der Waals surface area (Å²) < 4.78 is 9.72. The van der Waals surface area contributed by atoms with Gasteiger partial charge in [0.05, 0.1) is 11.7 Å². The first-order valence-corrected chi connectivity index (χ1v) is 10.5. The van der Waals surface area contributed by atoms with Gasteiger partial charge in [0, 0.05) is 20.9 Å². The molecular formula is C13H19N5OSi. The lowest BCUT2D eigenvalue weighted by Crippen LogP contribution is -2.22. The maximum absolute atomic E-state index is 5.77. The van der Waals surface area contributed by atoms with Crippen molar-refractivity contribution >= 4 is 24.9 Å². The topological polar surface area (TPSA) is 57.2 Å². The van der Waals surface area contributed by atoms with Crippen LogP contribution in [0.5, 0.6) is 0 Å². The van der Waals surface area contributed by atoms with E-state index in [0.717, 1.165) is 23.4 Å². The first-order valence-electron chi connectivity index (χ1n) is 6.76. The zero-order chi connectivity index (χ0) is 14.2. The molecule has 106 valence electrons. The highest BCUT2D eigenvalue weighted by Gasteiger charge is 2.12. The van der Waals surface area contributed by atoms with E-state index in [9.17, 15) is 0 Å². The van der Waals surface area contributed by atoms with E-state index in [4.69, 9.17) is 4.74 Å². The van der Waals surface area contributed by atoms with Crippen LogP contribution in [-0.2, 0) is 11.5 Å². The van der Waals surface area contributed by atoms with E-state index in [2.05, 4.69) is 34.8 Å². The van der Waals surface area contributed by atoms with Crippen LogP contribution in [0, 0.1) is 0 Å². The van der Waals surface area contributed by atoms with Crippen molar-refractivity contribution < 1.29 is 4.74 Å². The summed E-state index contributed by atoms with van der Waals surface area (Å²) in [5.41, 5.74) is 2.65. The lowest BCUT2D eigenvalue weighted by Gasteiger charge is -2.15. The fourth-order valence-corrected chi connectivity index (χ4v) is 2.82. The predicted molar refractivity (Wildman–Crippen MR) is 80.4 cm³/mol. The minimum absolute atomic E-state index is 0.536. The van der Waals surface area contributed by atoms with Gasteiger partial charge in [0.25, 0.3) is 0 Å². The van der Waals surface area contributed by atoms with Gasteiger partial charge in [-0.3, -0.25) is 4.40 Å². The summed E-state index contributed by atoms with van der Waals surface area (Å²) in [6.07, 6.45) is 5.43. The standard InChI is InChI=1S/C13H19N5OSi/c1-20(2,3)7-6-19-10-17-5-4-11-13(17)14-8-12-16-15-9-18(11)12/h4-5,8-9H,6-7,10H2,1-3H3. The van der Waals surface area contributed by atoms with Crippen molar-refractivity contribution in [2.45, 2.75) is 32.4 Å². The van der Waals surface area contributed by atoms with E-state index in [1.807, 2.05) is 21.2 Å². The largest absolute Gasteiger partial charge is 0.361 e. The van der Waals surface area contributed by atoms with Gasteiger partial charge in [-0.05, 0) is 12.1 Å². The van der Waals surface area contributed by atoms with Gasteiger partial charge in [-0.25, -0.2) is 4.98 Å². The molecule has 0 atom stereocenters. The predicted octanol–water partition coefficient (Wildman–Crippen LogP) is 2.39. The molecule has 0 aliphatic carbocycles. The smallest absolute Gasteiger partial charge is 0.179 e. The Labute approximate surface area is 118 Å². The molecule has 0 N–H and O–H groups in total. The van der Waals surface area contributed by atoms with E-state index in [1.54, 1.807) is 12.5 Å². The van der Waals surface area contributed by atoms with E-state index in [0.29, 0.717) is 6.73 Å². The summed E-state index contributed by atoms with van der Waals surface area (Å²) in [5, 5.41) is 7.90. The Hall–Kier alpha value is -1.73. The third-order valence-corrected chi connectivity index (χ3v) is 4.98. The minimum Gasteiger partial charge on any atom is -0.361 e. The molecule has 20 heavy (non-hydrogen) atoms. The lowest BCUT2D eigenvalue weighted by atomic mass is 10.5. The fourth-order valence-electron chi connectivity index (χ4n) is 2.06. The molecule has 0 unspecified atom stereocenters. The molecule has 0 bridgehead atoms. The average Bonchev–Trinajstić information content (AvgIpc) is 2.99. The normalized spacial score (nSPS) is 12.6. The maximum atomic E-state index is 5.77. The van der Waals surface area contributed by atoms with Gasteiger partial charge < -0.3 is 9.30 Å². The van der Waals surface area contributed by atoms with Gasteiger partial charge in [0.2, 0.25) is 0 Å². The van der Waals surface area contributed by atoms with Crippen molar-refractivity contribution in [1.82, 2.24) is 24.1 Å². The van der Waals surface area contributed by atoms with Gasteiger partial charge in [0.15, 0.2) is 11.3 Å². The molecule has 0 aromatic carbocycles. The van der Waals surface area contributed by atoms with E-state index in [-0.39, 0.29) is 0 Å². The third kappa shape index (κ3) is 2.59. The highest BCUT2D eigenvalue weighted by atomic mass is 28.3.